The number of hydrogen-bond donors (Lipinski definition) is 1. The molecule has 0 aromatic heterocycles. The molecule has 0 radical (unpaired) electrons. The second kappa shape index (κ2) is 10.0. The SMILES string of the molecule is CCCCNC(=O)/C(C#N)=C\c1ccc(OCc2ccc(C)cc2)cc1. The maximum Gasteiger partial charge on any atom is 0.261 e. The Morgan fingerprint density at radius 1 is 1.15 bits per heavy atom. The van der Waals surface area contributed by atoms with Crippen LogP contribution in [0.1, 0.15) is 36.5 Å². The summed E-state index contributed by atoms with van der Waals surface area (Å²) in [5.74, 6) is 0.411. The van der Waals surface area contributed by atoms with Gasteiger partial charge in [-0.1, -0.05) is 55.3 Å². The standard InChI is InChI=1S/C22H24N2O2/c1-3-4-13-24-22(25)20(15-23)14-18-9-11-21(12-10-18)26-16-19-7-5-17(2)6-8-19/h5-12,14H,3-4,13,16H2,1-2H3,(H,24,25)/b20-14-. The Labute approximate surface area is 155 Å². The third-order valence-corrected chi connectivity index (χ3v) is 3.90. The van der Waals surface area contributed by atoms with Crippen LogP contribution in [0.5, 0.6) is 5.75 Å². The van der Waals surface area contributed by atoms with Gasteiger partial charge in [0.15, 0.2) is 0 Å². The third-order valence-electron chi connectivity index (χ3n) is 3.90. The fraction of sp³-hybridized carbons (Fsp3) is 0.273. The summed E-state index contributed by atoms with van der Waals surface area (Å²) in [4.78, 5) is 12.0. The van der Waals surface area contributed by atoms with Gasteiger partial charge in [-0.3, -0.25) is 4.79 Å². The van der Waals surface area contributed by atoms with Crippen molar-refractivity contribution < 1.29 is 9.53 Å². The van der Waals surface area contributed by atoms with Crippen LogP contribution >= 0.6 is 0 Å². The van der Waals surface area contributed by atoms with E-state index < -0.39 is 0 Å². The van der Waals surface area contributed by atoms with Gasteiger partial charge in [-0.25, -0.2) is 0 Å². The molecule has 2 aromatic carbocycles. The first-order chi connectivity index (χ1) is 12.6. The van der Waals surface area contributed by atoms with Gasteiger partial charge >= 0.3 is 0 Å². The molecule has 0 heterocycles. The van der Waals surface area contributed by atoms with Crippen LogP contribution in [0.2, 0.25) is 0 Å². The number of rotatable bonds is 8. The summed E-state index contributed by atoms with van der Waals surface area (Å²) in [7, 11) is 0. The highest BCUT2D eigenvalue weighted by Gasteiger charge is 2.08. The van der Waals surface area contributed by atoms with Gasteiger partial charge < -0.3 is 10.1 Å². The van der Waals surface area contributed by atoms with Crippen LogP contribution in [-0.4, -0.2) is 12.5 Å². The highest BCUT2D eigenvalue weighted by molar-refractivity contribution is 6.01. The summed E-state index contributed by atoms with van der Waals surface area (Å²) >= 11 is 0. The molecule has 0 spiro atoms. The lowest BCUT2D eigenvalue weighted by molar-refractivity contribution is -0.117. The number of ether oxygens (including phenoxy) is 1. The molecule has 0 aliphatic rings. The predicted octanol–water partition coefficient (Wildman–Crippen LogP) is 4.40. The highest BCUT2D eigenvalue weighted by Crippen LogP contribution is 2.16. The van der Waals surface area contributed by atoms with Gasteiger partial charge in [0.25, 0.3) is 5.91 Å². The van der Waals surface area contributed by atoms with E-state index in [1.165, 1.54) is 5.56 Å². The second-order valence-electron chi connectivity index (χ2n) is 6.12. The number of hydrogen-bond acceptors (Lipinski definition) is 3. The van der Waals surface area contributed by atoms with E-state index in [9.17, 15) is 10.1 Å². The molecule has 2 aromatic rings. The van der Waals surface area contributed by atoms with Crippen LogP contribution in [0.3, 0.4) is 0 Å². The number of nitriles is 1. The maximum atomic E-state index is 12.0. The number of unbranched alkanes of at least 4 members (excludes halogenated alkanes) is 1. The molecule has 0 fully saturated rings. The van der Waals surface area contributed by atoms with Crippen molar-refractivity contribution in [3.8, 4) is 11.8 Å². The molecule has 0 saturated carbocycles. The molecule has 0 atom stereocenters. The minimum atomic E-state index is -0.333. The maximum absolute atomic E-state index is 12.0. The minimum Gasteiger partial charge on any atom is -0.489 e. The van der Waals surface area contributed by atoms with Crippen LogP contribution in [0.4, 0.5) is 0 Å². The summed E-state index contributed by atoms with van der Waals surface area (Å²) in [6.45, 7) is 5.19. The Hall–Kier alpha value is -3.06. The number of carbonyl (C=O) groups is 1. The Morgan fingerprint density at radius 2 is 1.85 bits per heavy atom. The average Bonchev–Trinajstić information content (AvgIpc) is 2.66. The first kappa shape index (κ1) is 19.3. The minimum absolute atomic E-state index is 0.106. The highest BCUT2D eigenvalue weighted by atomic mass is 16.5. The molecule has 134 valence electrons. The number of nitrogens with one attached hydrogen (secondary N) is 1. The lowest BCUT2D eigenvalue weighted by Crippen LogP contribution is -2.25. The normalized spacial score (nSPS) is 10.9. The van der Waals surface area contributed by atoms with Crippen molar-refractivity contribution >= 4 is 12.0 Å². The van der Waals surface area contributed by atoms with E-state index in [-0.39, 0.29) is 11.5 Å². The van der Waals surface area contributed by atoms with Crippen molar-refractivity contribution in [1.82, 2.24) is 5.32 Å². The average molecular weight is 348 g/mol. The van der Waals surface area contributed by atoms with Crippen molar-refractivity contribution in [3.05, 3.63) is 70.8 Å². The first-order valence-electron chi connectivity index (χ1n) is 8.80. The number of carbonyl (C=O) groups excluding carboxylic acids is 1. The molecule has 26 heavy (non-hydrogen) atoms. The molecule has 0 bridgehead atoms. The molecule has 4 heteroatoms. The summed E-state index contributed by atoms with van der Waals surface area (Å²) in [5, 5.41) is 11.9. The molecule has 1 N–H and O–H groups in total. The largest absolute Gasteiger partial charge is 0.489 e. The summed E-state index contributed by atoms with van der Waals surface area (Å²) in [5.41, 5.74) is 3.22. The lowest BCUT2D eigenvalue weighted by atomic mass is 10.1. The zero-order chi connectivity index (χ0) is 18.8. The first-order valence-corrected chi connectivity index (χ1v) is 8.80. The van der Waals surface area contributed by atoms with Crippen LogP contribution in [0.25, 0.3) is 6.08 Å². The summed E-state index contributed by atoms with van der Waals surface area (Å²) in [6.07, 6.45) is 3.48. The van der Waals surface area contributed by atoms with Crippen LogP contribution < -0.4 is 10.1 Å². The van der Waals surface area contributed by atoms with Gasteiger partial charge in [-0.15, -0.1) is 0 Å². The summed E-state index contributed by atoms with van der Waals surface area (Å²) in [6, 6.07) is 17.5. The van der Waals surface area contributed by atoms with E-state index in [4.69, 9.17) is 4.74 Å². The summed E-state index contributed by atoms with van der Waals surface area (Å²) < 4.78 is 5.77. The second-order valence-corrected chi connectivity index (χ2v) is 6.12. The number of amides is 1. The Bertz CT molecular complexity index is 784. The van der Waals surface area contributed by atoms with Crippen molar-refractivity contribution in [2.75, 3.05) is 6.54 Å². The van der Waals surface area contributed by atoms with E-state index in [2.05, 4.69) is 31.3 Å². The van der Waals surface area contributed by atoms with Crippen molar-refractivity contribution in [1.29, 1.82) is 5.26 Å². The van der Waals surface area contributed by atoms with E-state index in [1.807, 2.05) is 42.5 Å². The van der Waals surface area contributed by atoms with Gasteiger partial charge in [0.05, 0.1) is 0 Å². The number of benzene rings is 2. The van der Waals surface area contributed by atoms with E-state index >= 15 is 0 Å². The molecule has 0 unspecified atom stereocenters. The molecule has 0 aliphatic heterocycles. The van der Waals surface area contributed by atoms with Crippen molar-refractivity contribution in [2.45, 2.75) is 33.3 Å². The third kappa shape index (κ3) is 6.10. The van der Waals surface area contributed by atoms with Crippen LogP contribution in [-0.2, 0) is 11.4 Å². The van der Waals surface area contributed by atoms with E-state index in [1.54, 1.807) is 6.08 Å². The number of aryl methyl sites for hydroxylation is 1. The Morgan fingerprint density at radius 3 is 2.46 bits per heavy atom. The van der Waals surface area contributed by atoms with Crippen LogP contribution in [0.15, 0.2) is 54.1 Å². The van der Waals surface area contributed by atoms with Gasteiger partial charge in [0.2, 0.25) is 0 Å². The van der Waals surface area contributed by atoms with Crippen molar-refractivity contribution in [3.63, 3.8) is 0 Å². The lowest BCUT2D eigenvalue weighted by Gasteiger charge is -2.07. The van der Waals surface area contributed by atoms with Crippen molar-refractivity contribution in [2.24, 2.45) is 0 Å². The molecule has 0 aliphatic carbocycles. The van der Waals surface area contributed by atoms with E-state index in [0.717, 1.165) is 29.7 Å². The molecule has 1 amide bonds. The Kier molecular flexibility index (Phi) is 7.45. The topological polar surface area (TPSA) is 62.1 Å². The molecule has 2 rings (SSSR count). The van der Waals surface area contributed by atoms with Crippen LogP contribution in [0, 0.1) is 18.3 Å². The molecular formula is C22H24N2O2. The molecular weight excluding hydrogens is 324 g/mol. The zero-order valence-corrected chi connectivity index (χ0v) is 15.3. The smallest absolute Gasteiger partial charge is 0.261 e. The molecule has 0 saturated heterocycles. The van der Waals surface area contributed by atoms with Gasteiger partial charge in [-0.05, 0) is 42.7 Å². The number of nitrogens with zero attached hydrogens (tertiary/aromatic N) is 1. The zero-order valence-electron chi connectivity index (χ0n) is 15.3. The monoisotopic (exact) mass is 348 g/mol. The van der Waals surface area contributed by atoms with Gasteiger partial charge in [0.1, 0.15) is 24.0 Å². The van der Waals surface area contributed by atoms with Gasteiger partial charge in [-0.2, -0.15) is 5.26 Å². The van der Waals surface area contributed by atoms with E-state index in [0.29, 0.717) is 13.2 Å². The molecule has 4 nitrogen and oxygen atoms in total. The van der Waals surface area contributed by atoms with Gasteiger partial charge in [0, 0.05) is 6.54 Å². The quantitative estimate of drug-likeness (QED) is 0.437. The predicted molar refractivity (Wildman–Crippen MR) is 103 cm³/mol. The fourth-order valence-electron chi connectivity index (χ4n) is 2.30. The fourth-order valence-corrected chi connectivity index (χ4v) is 2.30. The Balaban J connectivity index is 1.95.